The number of benzene rings is 2. The summed E-state index contributed by atoms with van der Waals surface area (Å²) in [6, 6.07) is 15.3. The van der Waals surface area contributed by atoms with Crippen molar-refractivity contribution in [3.8, 4) is 11.1 Å². The van der Waals surface area contributed by atoms with E-state index in [4.69, 9.17) is 14.6 Å². The lowest BCUT2D eigenvalue weighted by Crippen LogP contribution is -2.34. The lowest BCUT2D eigenvalue weighted by Gasteiger charge is -2.29. The third kappa shape index (κ3) is 11.4. The molecule has 0 amide bonds. The average molecular weight is 567 g/mol. The van der Waals surface area contributed by atoms with Crippen LogP contribution in [-0.4, -0.2) is 48.6 Å². The van der Waals surface area contributed by atoms with Crippen molar-refractivity contribution in [3.63, 3.8) is 0 Å². The zero-order valence-corrected chi connectivity index (χ0v) is 25.5. The molecule has 6 nitrogen and oxygen atoms in total. The van der Waals surface area contributed by atoms with Crippen molar-refractivity contribution < 1.29 is 29.3 Å². The van der Waals surface area contributed by atoms with Crippen LogP contribution < -0.4 is 0 Å². The molecule has 0 bridgehead atoms. The van der Waals surface area contributed by atoms with Crippen LogP contribution in [0.15, 0.2) is 54.6 Å². The van der Waals surface area contributed by atoms with Gasteiger partial charge in [0.25, 0.3) is 0 Å². The van der Waals surface area contributed by atoms with E-state index < -0.39 is 29.9 Å². The summed E-state index contributed by atoms with van der Waals surface area (Å²) in [5.74, 6) is -1.80. The van der Waals surface area contributed by atoms with Crippen LogP contribution in [0.2, 0.25) is 0 Å². The molecular weight excluding hydrogens is 516 g/mol. The fourth-order valence-corrected chi connectivity index (χ4v) is 4.66. The van der Waals surface area contributed by atoms with E-state index in [9.17, 15) is 14.7 Å². The van der Waals surface area contributed by atoms with Gasteiger partial charge in [-0.15, -0.1) is 0 Å². The zero-order chi connectivity index (χ0) is 30.3. The van der Waals surface area contributed by atoms with Crippen LogP contribution in [0.3, 0.4) is 0 Å². The number of carbonyl (C=O) groups is 2. The number of ether oxygens (including phenoxy) is 2. The Balaban J connectivity index is 2.06. The lowest BCUT2D eigenvalue weighted by molar-refractivity contribution is -0.156. The average Bonchev–Trinajstić information content (AvgIpc) is 3.00. The van der Waals surface area contributed by atoms with Crippen LogP contribution >= 0.6 is 0 Å². The molecule has 0 aromatic heterocycles. The Bertz CT molecular complexity index is 1110. The minimum absolute atomic E-state index is 0.00840. The topological polar surface area (TPSA) is 93.1 Å². The summed E-state index contributed by atoms with van der Waals surface area (Å²) >= 11 is 0. The number of aryl methyl sites for hydroxylation is 3. The van der Waals surface area contributed by atoms with Crippen LogP contribution in [0, 0.1) is 11.3 Å². The van der Waals surface area contributed by atoms with Crippen LogP contribution in [0.5, 0.6) is 0 Å². The SMILES string of the molecule is C=C(CO)C(=O)OCC(C)(CCc1ccc(-c2ccc(CCCCCCC)c(CC)c2)cc1)COC(=O)C(C)CO. The maximum Gasteiger partial charge on any atom is 0.335 e. The highest BCUT2D eigenvalue weighted by atomic mass is 16.5. The summed E-state index contributed by atoms with van der Waals surface area (Å²) in [5, 5.41) is 18.4. The molecule has 0 saturated carbocycles. The molecule has 226 valence electrons. The molecule has 41 heavy (non-hydrogen) atoms. The van der Waals surface area contributed by atoms with E-state index in [1.54, 1.807) is 6.92 Å². The first-order chi connectivity index (χ1) is 19.7. The van der Waals surface area contributed by atoms with Gasteiger partial charge in [-0.1, -0.05) is 95.5 Å². The molecule has 0 spiro atoms. The molecule has 2 aromatic rings. The third-order valence-corrected chi connectivity index (χ3v) is 7.71. The first-order valence-electron chi connectivity index (χ1n) is 15.1. The molecule has 2 atom stereocenters. The van der Waals surface area contributed by atoms with Gasteiger partial charge in [0.15, 0.2) is 0 Å². The summed E-state index contributed by atoms with van der Waals surface area (Å²) in [6.07, 6.45) is 9.90. The highest BCUT2D eigenvalue weighted by Crippen LogP contribution is 2.28. The molecule has 0 radical (unpaired) electrons. The van der Waals surface area contributed by atoms with Crippen molar-refractivity contribution in [2.75, 3.05) is 26.4 Å². The number of aliphatic hydroxyl groups excluding tert-OH is 2. The summed E-state index contributed by atoms with van der Waals surface area (Å²) in [7, 11) is 0. The molecular formula is C35H50O6. The second kappa shape index (κ2) is 17.8. The highest BCUT2D eigenvalue weighted by molar-refractivity contribution is 5.87. The Morgan fingerprint density at radius 1 is 0.878 bits per heavy atom. The lowest BCUT2D eigenvalue weighted by atomic mass is 9.85. The molecule has 0 aliphatic rings. The smallest absolute Gasteiger partial charge is 0.335 e. The van der Waals surface area contributed by atoms with E-state index >= 15 is 0 Å². The Morgan fingerprint density at radius 2 is 1.54 bits per heavy atom. The van der Waals surface area contributed by atoms with Crippen molar-refractivity contribution in [1.82, 2.24) is 0 Å². The standard InChI is InChI=1S/C35H50O6/c1-6-8-9-10-11-12-30-17-18-32(21-29(30)7-2)31-15-13-28(14-16-31)19-20-35(5,24-40-33(38)26(3)22-36)25-41-34(39)27(4)23-37/h13-18,21,27,36-37H,3,6-12,19-20,22-25H2,1-2,4-5H3. The van der Waals surface area contributed by atoms with Gasteiger partial charge in [-0.2, -0.15) is 0 Å². The summed E-state index contributed by atoms with van der Waals surface area (Å²) in [6.45, 7) is 10.7. The van der Waals surface area contributed by atoms with Gasteiger partial charge in [0, 0.05) is 5.41 Å². The number of rotatable bonds is 19. The predicted molar refractivity (Wildman–Crippen MR) is 165 cm³/mol. The monoisotopic (exact) mass is 566 g/mol. The summed E-state index contributed by atoms with van der Waals surface area (Å²) in [4.78, 5) is 24.3. The van der Waals surface area contributed by atoms with Crippen LogP contribution in [0.1, 0.15) is 82.9 Å². The van der Waals surface area contributed by atoms with Gasteiger partial charge in [0.2, 0.25) is 0 Å². The highest BCUT2D eigenvalue weighted by Gasteiger charge is 2.30. The van der Waals surface area contributed by atoms with Crippen molar-refractivity contribution in [1.29, 1.82) is 0 Å². The van der Waals surface area contributed by atoms with E-state index in [2.05, 4.69) is 62.9 Å². The van der Waals surface area contributed by atoms with Gasteiger partial charge in [0.1, 0.15) is 6.61 Å². The minimum atomic E-state index is -0.674. The van der Waals surface area contributed by atoms with Crippen molar-refractivity contribution >= 4 is 11.9 Å². The van der Waals surface area contributed by atoms with E-state index in [0.29, 0.717) is 12.8 Å². The Kier molecular flexibility index (Phi) is 14.8. The summed E-state index contributed by atoms with van der Waals surface area (Å²) in [5.41, 5.74) is 5.71. The van der Waals surface area contributed by atoms with Gasteiger partial charge in [-0.05, 0) is 66.8 Å². The molecule has 6 heteroatoms. The third-order valence-electron chi connectivity index (χ3n) is 7.71. The van der Waals surface area contributed by atoms with Gasteiger partial charge in [-0.3, -0.25) is 4.79 Å². The van der Waals surface area contributed by atoms with Crippen molar-refractivity contribution in [2.24, 2.45) is 11.3 Å². The van der Waals surface area contributed by atoms with E-state index in [-0.39, 0.29) is 25.4 Å². The molecule has 2 unspecified atom stereocenters. The fourth-order valence-electron chi connectivity index (χ4n) is 4.66. The minimum Gasteiger partial charge on any atom is -0.465 e. The quantitative estimate of drug-likeness (QED) is 0.113. The molecule has 2 rings (SSSR count). The molecule has 0 saturated heterocycles. The first-order valence-corrected chi connectivity index (χ1v) is 15.1. The van der Waals surface area contributed by atoms with Crippen LogP contribution in [-0.2, 0) is 38.3 Å². The van der Waals surface area contributed by atoms with Gasteiger partial charge >= 0.3 is 11.9 Å². The Labute approximate surface area is 246 Å². The maximum atomic E-state index is 12.2. The number of hydrogen-bond donors (Lipinski definition) is 2. The molecule has 0 heterocycles. The zero-order valence-electron chi connectivity index (χ0n) is 25.5. The number of unbranched alkanes of at least 4 members (excludes halogenated alkanes) is 4. The Hall–Kier alpha value is -2.96. The van der Waals surface area contributed by atoms with E-state index in [1.165, 1.54) is 54.4 Å². The molecule has 0 fully saturated rings. The number of hydrogen-bond acceptors (Lipinski definition) is 6. The molecule has 0 aliphatic carbocycles. The van der Waals surface area contributed by atoms with E-state index in [0.717, 1.165) is 18.4 Å². The van der Waals surface area contributed by atoms with Crippen molar-refractivity contribution in [2.45, 2.75) is 85.5 Å². The largest absolute Gasteiger partial charge is 0.465 e. The second-order valence-electron chi connectivity index (χ2n) is 11.5. The normalized spacial score (nSPS) is 13.3. The summed E-state index contributed by atoms with van der Waals surface area (Å²) < 4.78 is 10.8. The van der Waals surface area contributed by atoms with Gasteiger partial charge in [0.05, 0.1) is 31.3 Å². The van der Waals surface area contributed by atoms with Crippen molar-refractivity contribution in [3.05, 3.63) is 71.3 Å². The number of aliphatic hydroxyl groups is 2. The van der Waals surface area contributed by atoms with Gasteiger partial charge < -0.3 is 19.7 Å². The van der Waals surface area contributed by atoms with E-state index in [1.807, 2.05) is 6.92 Å². The van der Waals surface area contributed by atoms with Gasteiger partial charge in [-0.25, -0.2) is 4.79 Å². The number of esters is 2. The second-order valence-corrected chi connectivity index (χ2v) is 11.5. The first kappa shape index (κ1) is 34.2. The maximum absolute atomic E-state index is 12.2. The van der Waals surface area contributed by atoms with Crippen LogP contribution in [0.25, 0.3) is 11.1 Å². The predicted octanol–water partition coefficient (Wildman–Crippen LogP) is 6.63. The number of carbonyl (C=O) groups excluding carboxylic acids is 2. The van der Waals surface area contributed by atoms with Crippen LogP contribution in [0.4, 0.5) is 0 Å². The molecule has 2 aromatic carbocycles. The molecule has 2 N–H and O–H groups in total. The Morgan fingerprint density at radius 3 is 2.17 bits per heavy atom. The fraction of sp³-hybridized carbons (Fsp3) is 0.543. The molecule has 0 aliphatic heterocycles.